The van der Waals surface area contributed by atoms with Gasteiger partial charge in [-0.15, -0.1) is 0 Å². The first-order valence-corrected chi connectivity index (χ1v) is 12.4. The zero-order chi connectivity index (χ0) is 24.6. The number of anilines is 3. The van der Waals surface area contributed by atoms with E-state index in [1.54, 1.807) is 6.21 Å². The summed E-state index contributed by atoms with van der Waals surface area (Å²) < 4.78 is 17.0. The van der Waals surface area contributed by atoms with Crippen molar-refractivity contribution in [2.75, 3.05) is 67.8 Å². The number of aromatic nitrogens is 2. The molecule has 2 aliphatic heterocycles. The van der Waals surface area contributed by atoms with Crippen LogP contribution in [0.4, 0.5) is 17.6 Å². The second-order valence-corrected chi connectivity index (χ2v) is 8.87. The SMILES string of the molecule is Clc1ccc(COc2ccccc2/C=N\Nc2cc(N3CCOCC3)nc(N3CCOCC3)n2)cc1. The molecule has 0 amide bonds. The molecule has 0 bridgehead atoms. The Balaban J connectivity index is 1.31. The van der Waals surface area contributed by atoms with Crippen LogP contribution in [0.2, 0.25) is 5.02 Å². The zero-order valence-corrected chi connectivity index (χ0v) is 20.7. The second kappa shape index (κ2) is 12.0. The van der Waals surface area contributed by atoms with E-state index in [-0.39, 0.29) is 0 Å². The van der Waals surface area contributed by atoms with Crippen molar-refractivity contribution in [3.63, 3.8) is 0 Å². The first-order valence-electron chi connectivity index (χ1n) is 12.0. The average Bonchev–Trinajstić information content (AvgIpc) is 2.94. The quantitative estimate of drug-likeness (QED) is 0.363. The van der Waals surface area contributed by atoms with Crippen LogP contribution in [0.1, 0.15) is 11.1 Å². The molecule has 188 valence electrons. The summed E-state index contributed by atoms with van der Waals surface area (Å²) in [6.07, 6.45) is 1.74. The molecule has 3 heterocycles. The molecule has 2 aromatic carbocycles. The van der Waals surface area contributed by atoms with Gasteiger partial charge >= 0.3 is 0 Å². The molecule has 0 atom stereocenters. The number of hydrogen-bond acceptors (Lipinski definition) is 9. The van der Waals surface area contributed by atoms with Crippen molar-refractivity contribution in [2.24, 2.45) is 5.10 Å². The fourth-order valence-corrected chi connectivity index (χ4v) is 4.09. The fourth-order valence-electron chi connectivity index (χ4n) is 3.97. The fraction of sp³-hybridized carbons (Fsp3) is 0.346. The Kier molecular flexibility index (Phi) is 8.12. The van der Waals surface area contributed by atoms with E-state index < -0.39 is 0 Å². The summed E-state index contributed by atoms with van der Waals surface area (Å²) in [7, 11) is 0. The van der Waals surface area contributed by atoms with Crippen LogP contribution in [0.15, 0.2) is 59.7 Å². The highest BCUT2D eigenvalue weighted by atomic mass is 35.5. The zero-order valence-electron chi connectivity index (χ0n) is 20.0. The number of rotatable bonds is 8. The van der Waals surface area contributed by atoms with Gasteiger partial charge < -0.3 is 24.0 Å². The van der Waals surface area contributed by atoms with Gasteiger partial charge in [-0.3, -0.25) is 5.43 Å². The molecule has 2 aliphatic rings. The first-order chi connectivity index (χ1) is 17.7. The van der Waals surface area contributed by atoms with E-state index in [0.29, 0.717) is 49.8 Å². The molecule has 0 saturated carbocycles. The molecule has 0 radical (unpaired) electrons. The highest BCUT2D eigenvalue weighted by Gasteiger charge is 2.19. The molecule has 0 unspecified atom stereocenters. The molecule has 0 aliphatic carbocycles. The summed E-state index contributed by atoms with van der Waals surface area (Å²) >= 11 is 5.98. The number of hydrazone groups is 1. The van der Waals surface area contributed by atoms with Crippen LogP contribution in [0.25, 0.3) is 0 Å². The van der Waals surface area contributed by atoms with Crippen molar-refractivity contribution in [2.45, 2.75) is 6.61 Å². The number of para-hydroxylation sites is 1. The van der Waals surface area contributed by atoms with Crippen molar-refractivity contribution in [1.29, 1.82) is 0 Å². The van der Waals surface area contributed by atoms with Crippen LogP contribution >= 0.6 is 11.6 Å². The molecule has 1 N–H and O–H groups in total. The number of nitrogens with one attached hydrogen (secondary N) is 1. The molecular weight excluding hydrogens is 480 g/mol. The third-order valence-corrected chi connectivity index (χ3v) is 6.19. The lowest BCUT2D eigenvalue weighted by molar-refractivity contribution is 0.121. The van der Waals surface area contributed by atoms with Gasteiger partial charge in [-0.25, -0.2) is 0 Å². The van der Waals surface area contributed by atoms with Gasteiger partial charge in [0.25, 0.3) is 0 Å². The van der Waals surface area contributed by atoms with Crippen LogP contribution in [-0.4, -0.2) is 68.8 Å². The summed E-state index contributed by atoms with van der Waals surface area (Å²) in [6.45, 7) is 6.24. The largest absolute Gasteiger partial charge is 0.488 e. The van der Waals surface area contributed by atoms with Gasteiger partial charge in [0.05, 0.1) is 32.6 Å². The number of ether oxygens (including phenoxy) is 3. The Labute approximate surface area is 215 Å². The Hall–Kier alpha value is -3.40. The number of halogens is 1. The Bertz CT molecular complexity index is 1130. The third-order valence-electron chi connectivity index (χ3n) is 5.94. The predicted octanol–water partition coefficient (Wildman–Crippen LogP) is 3.83. The molecule has 1 aromatic heterocycles. The van der Waals surface area contributed by atoms with Crippen LogP contribution in [-0.2, 0) is 16.1 Å². The van der Waals surface area contributed by atoms with E-state index in [1.165, 1.54) is 0 Å². The summed E-state index contributed by atoms with van der Waals surface area (Å²) in [5.41, 5.74) is 4.99. The minimum absolute atomic E-state index is 0.438. The van der Waals surface area contributed by atoms with E-state index in [0.717, 1.165) is 48.9 Å². The lowest BCUT2D eigenvalue weighted by Crippen LogP contribution is -2.39. The molecule has 3 aromatic rings. The predicted molar refractivity (Wildman–Crippen MR) is 142 cm³/mol. The van der Waals surface area contributed by atoms with Gasteiger partial charge in [-0.05, 0) is 29.8 Å². The van der Waals surface area contributed by atoms with Crippen LogP contribution < -0.4 is 20.0 Å². The number of benzene rings is 2. The molecule has 36 heavy (non-hydrogen) atoms. The molecule has 2 saturated heterocycles. The topological polar surface area (TPSA) is 84.3 Å². The molecule has 2 fully saturated rings. The van der Waals surface area contributed by atoms with E-state index >= 15 is 0 Å². The highest BCUT2D eigenvalue weighted by Crippen LogP contribution is 2.23. The van der Waals surface area contributed by atoms with Crippen LogP contribution in [0, 0.1) is 0 Å². The van der Waals surface area contributed by atoms with E-state index in [2.05, 4.69) is 20.3 Å². The molecule has 10 heteroatoms. The van der Waals surface area contributed by atoms with Gasteiger partial charge in [0.15, 0.2) is 5.82 Å². The summed E-state index contributed by atoms with van der Waals surface area (Å²) in [5, 5.41) is 5.17. The lowest BCUT2D eigenvalue weighted by atomic mass is 10.2. The summed E-state index contributed by atoms with van der Waals surface area (Å²) in [5.74, 6) is 2.90. The second-order valence-electron chi connectivity index (χ2n) is 8.43. The minimum Gasteiger partial charge on any atom is -0.488 e. The summed E-state index contributed by atoms with van der Waals surface area (Å²) in [4.78, 5) is 13.9. The van der Waals surface area contributed by atoms with Crippen LogP contribution in [0.5, 0.6) is 5.75 Å². The average molecular weight is 509 g/mol. The Morgan fingerprint density at radius 2 is 1.61 bits per heavy atom. The smallest absolute Gasteiger partial charge is 0.229 e. The third kappa shape index (κ3) is 6.42. The maximum Gasteiger partial charge on any atom is 0.229 e. The minimum atomic E-state index is 0.438. The molecule has 5 rings (SSSR count). The molecule has 0 spiro atoms. The first kappa shape index (κ1) is 24.3. The lowest BCUT2D eigenvalue weighted by Gasteiger charge is -2.31. The molecular formula is C26H29ClN6O3. The van der Waals surface area contributed by atoms with Gasteiger partial charge in [0, 0.05) is 42.8 Å². The normalized spacial score (nSPS) is 16.4. The molecule has 9 nitrogen and oxygen atoms in total. The Morgan fingerprint density at radius 1 is 0.917 bits per heavy atom. The van der Waals surface area contributed by atoms with Gasteiger partial charge in [0.2, 0.25) is 5.95 Å². The monoisotopic (exact) mass is 508 g/mol. The van der Waals surface area contributed by atoms with Crippen LogP contribution in [0.3, 0.4) is 0 Å². The number of hydrogen-bond donors (Lipinski definition) is 1. The van der Waals surface area contributed by atoms with Crippen molar-refractivity contribution < 1.29 is 14.2 Å². The van der Waals surface area contributed by atoms with Gasteiger partial charge in [-0.1, -0.05) is 35.9 Å². The number of nitrogens with zero attached hydrogens (tertiary/aromatic N) is 5. The van der Waals surface area contributed by atoms with Crippen molar-refractivity contribution >= 4 is 35.4 Å². The maximum absolute atomic E-state index is 6.04. The van der Waals surface area contributed by atoms with Crippen molar-refractivity contribution in [3.8, 4) is 5.75 Å². The number of morpholine rings is 2. The van der Waals surface area contributed by atoms with Gasteiger partial charge in [0.1, 0.15) is 18.2 Å². The maximum atomic E-state index is 6.04. The van der Waals surface area contributed by atoms with Crippen molar-refractivity contribution in [3.05, 3.63) is 70.7 Å². The van der Waals surface area contributed by atoms with E-state index in [4.69, 9.17) is 35.8 Å². The van der Waals surface area contributed by atoms with Gasteiger partial charge in [-0.2, -0.15) is 15.1 Å². The standard InChI is InChI=1S/C26H29ClN6O3/c27-22-7-5-20(6-8-22)19-36-23-4-2-1-3-21(23)18-28-31-24-17-25(32-9-13-34-14-10-32)30-26(29-24)33-11-15-35-16-12-33/h1-8,17-18H,9-16,19H2,(H,29,30,31)/b28-18-. The Morgan fingerprint density at radius 3 is 2.36 bits per heavy atom. The van der Waals surface area contributed by atoms with Crippen molar-refractivity contribution in [1.82, 2.24) is 9.97 Å². The summed E-state index contributed by atoms with van der Waals surface area (Å²) in [6, 6.07) is 17.3. The highest BCUT2D eigenvalue weighted by molar-refractivity contribution is 6.30. The van der Waals surface area contributed by atoms with E-state index in [1.807, 2.05) is 54.6 Å². The van der Waals surface area contributed by atoms with E-state index in [9.17, 15) is 0 Å².